The lowest BCUT2D eigenvalue weighted by Gasteiger charge is -2.10. The van der Waals surface area contributed by atoms with Crippen molar-refractivity contribution in [3.63, 3.8) is 0 Å². The van der Waals surface area contributed by atoms with Crippen molar-refractivity contribution >= 4 is 5.82 Å². The van der Waals surface area contributed by atoms with Gasteiger partial charge in [0.1, 0.15) is 5.82 Å². The van der Waals surface area contributed by atoms with Crippen LogP contribution in [0.2, 0.25) is 0 Å². The largest absolute Gasteiger partial charge is 0.451 e. The van der Waals surface area contributed by atoms with Gasteiger partial charge >= 0.3 is 6.18 Å². The van der Waals surface area contributed by atoms with Gasteiger partial charge in [-0.15, -0.1) is 0 Å². The minimum atomic E-state index is -4.56. The second-order valence-corrected chi connectivity index (χ2v) is 4.13. The van der Waals surface area contributed by atoms with Crippen LogP contribution in [0.3, 0.4) is 0 Å². The predicted molar refractivity (Wildman–Crippen MR) is 68.2 cm³/mol. The molecule has 4 nitrogen and oxygen atoms in total. The Bertz CT molecular complexity index is 570. The van der Waals surface area contributed by atoms with Crippen LogP contribution in [-0.2, 0) is 12.6 Å². The van der Waals surface area contributed by atoms with Crippen LogP contribution >= 0.6 is 0 Å². The SMILES string of the molecule is CCNc1cc(Cc2cccnc2)nc(C(F)(F)F)n1. The van der Waals surface area contributed by atoms with E-state index < -0.39 is 12.0 Å². The highest BCUT2D eigenvalue weighted by Gasteiger charge is 2.35. The number of nitrogens with zero attached hydrogens (tertiary/aromatic N) is 3. The van der Waals surface area contributed by atoms with Crippen LogP contribution in [0.25, 0.3) is 0 Å². The van der Waals surface area contributed by atoms with Gasteiger partial charge in [-0.3, -0.25) is 4.98 Å². The quantitative estimate of drug-likeness (QED) is 0.936. The van der Waals surface area contributed by atoms with Gasteiger partial charge in [-0.25, -0.2) is 9.97 Å². The van der Waals surface area contributed by atoms with Crippen molar-refractivity contribution in [1.29, 1.82) is 0 Å². The monoisotopic (exact) mass is 282 g/mol. The van der Waals surface area contributed by atoms with Crippen LogP contribution in [0.4, 0.5) is 19.0 Å². The van der Waals surface area contributed by atoms with Crippen molar-refractivity contribution in [2.75, 3.05) is 11.9 Å². The smallest absolute Gasteiger partial charge is 0.370 e. The minimum absolute atomic E-state index is 0.175. The maximum Gasteiger partial charge on any atom is 0.451 e. The summed E-state index contributed by atoms with van der Waals surface area (Å²) in [6.07, 6.45) is -1.08. The van der Waals surface area contributed by atoms with Gasteiger partial charge in [0.15, 0.2) is 0 Å². The first-order valence-electron chi connectivity index (χ1n) is 6.07. The first-order valence-corrected chi connectivity index (χ1v) is 6.07. The molecule has 0 amide bonds. The molecule has 2 aromatic heterocycles. The van der Waals surface area contributed by atoms with Gasteiger partial charge in [-0.1, -0.05) is 6.07 Å². The summed E-state index contributed by atoms with van der Waals surface area (Å²) in [5, 5.41) is 2.78. The molecule has 2 aromatic rings. The Balaban J connectivity index is 2.34. The molecular weight excluding hydrogens is 269 g/mol. The molecule has 2 heterocycles. The van der Waals surface area contributed by atoms with Crippen LogP contribution < -0.4 is 5.32 Å². The fraction of sp³-hybridized carbons (Fsp3) is 0.308. The molecule has 0 saturated carbocycles. The van der Waals surface area contributed by atoms with E-state index in [2.05, 4.69) is 20.3 Å². The number of halogens is 3. The van der Waals surface area contributed by atoms with Crippen molar-refractivity contribution in [1.82, 2.24) is 15.0 Å². The maximum atomic E-state index is 12.8. The third kappa shape index (κ3) is 3.66. The summed E-state index contributed by atoms with van der Waals surface area (Å²) >= 11 is 0. The Morgan fingerprint density at radius 2 is 2.05 bits per heavy atom. The van der Waals surface area contributed by atoms with Gasteiger partial charge in [0.2, 0.25) is 5.82 Å². The number of hydrogen-bond acceptors (Lipinski definition) is 4. The molecule has 0 spiro atoms. The summed E-state index contributed by atoms with van der Waals surface area (Å²) in [5.74, 6) is -0.955. The standard InChI is InChI=1S/C13H13F3N4/c1-2-18-11-7-10(6-9-4-3-5-17-8-9)19-12(20-11)13(14,15)16/h3-5,7-8H,2,6H2,1H3,(H,18,19,20). The third-order valence-electron chi connectivity index (χ3n) is 2.50. The summed E-state index contributed by atoms with van der Waals surface area (Å²) in [6.45, 7) is 2.27. The van der Waals surface area contributed by atoms with Crippen LogP contribution in [0.1, 0.15) is 24.0 Å². The highest BCUT2D eigenvalue weighted by atomic mass is 19.4. The van der Waals surface area contributed by atoms with Crippen molar-refractivity contribution in [2.45, 2.75) is 19.5 Å². The van der Waals surface area contributed by atoms with E-state index in [-0.39, 0.29) is 12.2 Å². The van der Waals surface area contributed by atoms with E-state index in [0.29, 0.717) is 12.2 Å². The highest BCUT2D eigenvalue weighted by molar-refractivity contribution is 5.37. The number of rotatable bonds is 4. The van der Waals surface area contributed by atoms with E-state index in [1.807, 2.05) is 0 Å². The summed E-state index contributed by atoms with van der Waals surface area (Å²) in [5.41, 5.74) is 1.10. The second-order valence-electron chi connectivity index (χ2n) is 4.13. The Labute approximate surface area is 114 Å². The minimum Gasteiger partial charge on any atom is -0.370 e. The Morgan fingerprint density at radius 1 is 1.25 bits per heavy atom. The average molecular weight is 282 g/mol. The lowest BCUT2D eigenvalue weighted by molar-refractivity contribution is -0.145. The van der Waals surface area contributed by atoms with Gasteiger partial charge in [0.25, 0.3) is 0 Å². The molecule has 1 N–H and O–H groups in total. The van der Waals surface area contributed by atoms with Gasteiger partial charge < -0.3 is 5.32 Å². The Hall–Kier alpha value is -2.18. The number of hydrogen-bond donors (Lipinski definition) is 1. The number of nitrogens with one attached hydrogen (secondary N) is 1. The van der Waals surface area contributed by atoms with Crippen molar-refractivity contribution < 1.29 is 13.2 Å². The van der Waals surface area contributed by atoms with E-state index in [4.69, 9.17) is 0 Å². The molecule has 106 valence electrons. The van der Waals surface area contributed by atoms with Crippen LogP contribution in [0, 0.1) is 0 Å². The molecule has 0 aliphatic heterocycles. The number of anilines is 1. The number of alkyl halides is 3. The topological polar surface area (TPSA) is 50.7 Å². The molecule has 0 unspecified atom stereocenters. The van der Waals surface area contributed by atoms with E-state index >= 15 is 0 Å². The summed E-state index contributed by atoms with van der Waals surface area (Å²) < 4.78 is 38.3. The van der Waals surface area contributed by atoms with E-state index in [1.165, 1.54) is 6.07 Å². The molecule has 0 bridgehead atoms. The molecule has 0 fully saturated rings. The highest BCUT2D eigenvalue weighted by Crippen LogP contribution is 2.27. The molecule has 0 radical (unpaired) electrons. The summed E-state index contributed by atoms with van der Waals surface area (Å²) in [7, 11) is 0. The molecule has 20 heavy (non-hydrogen) atoms. The molecule has 0 aromatic carbocycles. The fourth-order valence-electron chi connectivity index (χ4n) is 1.70. The van der Waals surface area contributed by atoms with E-state index in [1.54, 1.807) is 31.5 Å². The first-order chi connectivity index (χ1) is 9.49. The van der Waals surface area contributed by atoms with Gasteiger partial charge in [-0.05, 0) is 18.6 Å². The molecule has 0 aliphatic rings. The molecule has 0 atom stereocenters. The molecular formula is C13H13F3N4. The fourth-order valence-corrected chi connectivity index (χ4v) is 1.70. The van der Waals surface area contributed by atoms with Crippen LogP contribution in [0.5, 0.6) is 0 Å². The molecule has 0 aliphatic carbocycles. The van der Waals surface area contributed by atoms with Crippen molar-refractivity contribution in [3.05, 3.63) is 47.7 Å². The Kier molecular flexibility index (Phi) is 4.16. The van der Waals surface area contributed by atoms with Crippen molar-refractivity contribution in [3.8, 4) is 0 Å². The summed E-state index contributed by atoms with van der Waals surface area (Å²) in [6, 6.07) is 5.04. The zero-order chi connectivity index (χ0) is 14.6. The predicted octanol–water partition coefficient (Wildman–Crippen LogP) is 2.91. The van der Waals surface area contributed by atoms with Gasteiger partial charge in [0, 0.05) is 31.4 Å². The summed E-state index contributed by atoms with van der Waals surface area (Å²) in [4.78, 5) is 11.0. The van der Waals surface area contributed by atoms with E-state index in [9.17, 15) is 13.2 Å². The third-order valence-corrected chi connectivity index (χ3v) is 2.50. The van der Waals surface area contributed by atoms with E-state index in [0.717, 1.165) is 5.56 Å². The molecule has 0 saturated heterocycles. The van der Waals surface area contributed by atoms with Gasteiger partial charge in [-0.2, -0.15) is 13.2 Å². The lowest BCUT2D eigenvalue weighted by atomic mass is 10.1. The normalized spacial score (nSPS) is 11.4. The van der Waals surface area contributed by atoms with Gasteiger partial charge in [0.05, 0.1) is 5.69 Å². The number of aromatic nitrogens is 3. The second kappa shape index (κ2) is 5.85. The zero-order valence-corrected chi connectivity index (χ0v) is 10.8. The number of pyridine rings is 1. The molecule has 2 rings (SSSR count). The lowest BCUT2D eigenvalue weighted by Crippen LogP contribution is -2.15. The molecule has 7 heteroatoms. The van der Waals surface area contributed by atoms with Crippen molar-refractivity contribution in [2.24, 2.45) is 0 Å². The van der Waals surface area contributed by atoms with Crippen LogP contribution in [-0.4, -0.2) is 21.5 Å². The van der Waals surface area contributed by atoms with Crippen LogP contribution in [0.15, 0.2) is 30.6 Å². The maximum absolute atomic E-state index is 12.8. The zero-order valence-electron chi connectivity index (χ0n) is 10.8. The Morgan fingerprint density at radius 3 is 2.65 bits per heavy atom. The average Bonchev–Trinajstić information content (AvgIpc) is 2.39. The first kappa shape index (κ1) is 14.2.